The monoisotopic (exact) mass is 411 g/mol. The van der Waals surface area contributed by atoms with Gasteiger partial charge in [-0.15, -0.1) is 0 Å². The molecule has 1 N–H and O–H groups in total. The van der Waals surface area contributed by atoms with Gasteiger partial charge in [-0.05, 0) is 28.9 Å². The van der Waals surface area contributed by atoms with Gasteiger partial charge >= 0.3 is 0 Å². The second-order valence-electron chi connectivity index (χ2n) is 7.06. The fraction of sp³-hybridized carbons (Fsp3) is 0.286. The first-order chi connectivity index (χ1) is 14.0. The van der Waals surface area contributed by atoms with Crippen molar-refractivity contribution in [2.75, 3.05) is 17.7 Å². The van der Waals surface area contributed by atoms with Gasteiger partial charge < -0.3 is 19.6 Å². The summed E-state index contributed by atoms with van der Waals surface area (Å²) in [7, 11) is 1.62. The number of hydrogen-bond donors (Lipinski definition) is 1. The highest BCUT2D eigenvalue weighted by Crippen LogP contribution is 2.29. The predicted octanol–water partition coefficient (Wildman–Crippen LogP) is 1.64. The van der Waals surface area contributed by atoms with Crippen molar-refractivity contribution in [3.63, 3.8) is 0 Å². The van der Waals surface area contributed by atoms with E-state index in [1.807, 2.05) is 30.3 Å². The van der Waals surface area contributed by atoms with Crippen LogP contribution in [0.4, 0.5) is 5.69 Å². The molecular weight excluding hydrogens is 390 g/mol. The molecule has 2 amide bonds. The van der Waals surface area contributed by atoms with Crippen LogP contribution < -0.4 is 10.2 Å². The average molecular weight is 411 g/mol. The van der Waals surface area contributed by atoms with Crippen LogP contribution in [0, 0.1) is 0 Å². The predicted molar refractivity (Wildman–Crippen MR) is 110 cm³/mol. The maximum Gasteiger partial charge on any atom is 0.270 e. The number of carbonyl (C=O) groups is 2. The van der Waals surface area contributed by atoms with Gasteiger partial charge in [0, 0.05) is 19.9 Å². The van der Waals surface area contributed by atoms with Crippen molar-refractivity contribution in [3.8, 4) is 0 Å². The van der Waals surface area contributed by atoms with E-state index in [-0.39, 0.29) is 23.5 Å². The minimum Gasteiger partial charge on any atom is -0.611 e. The van der Waals surface area contributed by atoms with Gasteiger partial charge in [0.1, 0.15) is 17.6 Å². The van der Waals surface area contributed by atoms with E-state index >= 15 is 0 Å². The fourth-order valence-corrected chi connectivity index (χ4v) is 4.86. The number of anilines is 1. The van der Waals surface area contributed by atoms with Crippen molar-refractivity contribution in [1.29, 1.82) is 0 Å². The van der Waals surface area contributed by atoms with Crippen molar-refractivity contribution in [1.82, 2.24) is 5.32 Å². The van der Waals surface area contributed by atoms with Gasteiger partial charge in [0.15, 0.2) is 10.9 Å². The molecule has 0 saturated heterocycles. The Labute approximate surface area is 171 Å². The quantitative estimate of drug-likeness (QED) is 0.774. The maximum absolute atomic E-state index is 12.8. The molecule has 7 nitrogen and oxygen atoms in total. The molecule has 2 heterocycles. The highest BCUT2D eigenvalue weighted by molar-refractivity contribution is 7.91. The van der Waals surface area contributed by atoms with Crippen LogP contribution in [0.5, 0.6) is 0 Å². The Bertz CT molecular complexity index is 950. The molecule has 2 aliphatic rings. The number of oxime groups is 1. The Kier molecular flexibility index (Phi) is 5.55. The summed E-state index contributed by atoms with van der Waals surface area (Å²) >= 11 is -1.40. The minimum absolute atomic E-state index is 0.0213. The zero-order valence-electron chi connectivity index (χ0n) is 15.9. The smallest absolute Gasteiger partial charge is 0.270 e. The topological polar surface area (TPSA) is 94.1 Å². The highest BCUT2D eigenvalue weighted by Gasteiger charge is 2.38. The number of rotatable bonds is 4. The molecule has 0 aliphatic carbocycles. The van der Waals surface area contributed by atoms with Gasteiger partial charge in [-0.25, -0.2) is 0 Å². The van der Waals surface area contributed by atoms with Crippen LogP contribution in [0.25, 0.3) is 0 Å². The summed E-state index contributed by atoms with van der Waals surface area (Å²) in [5, 5.41) is 6.61. The third-order valence-electron chi connectivity index (χ3n) is 5.03. The number of likely N-dealkylation sites (N-methyl/N-ethyl adjacent to an activating group) is 1. The first kappa shape index (κ1) is 19.5. The summed E-state index contributed by atoms with van der Waals surface area (Å²) in [6, 6.07) is 16.0. The maximum atomic E-state index is 12.8. The lowest BCUT2D eigenvalue weighted by atomic mass is 10.0. The Hall–Kier alpha value is -2.84. The van der Waals surface area contributed by atoms with Crippen LogP contribution in [0.2, 0.25) is 0 Å². The van der Waals surface area contributed by atoms with E-state index in [1.54, 1.807) is 31.3 Å². The molecule has 4 rings (SSSR count). The Balaban J connectivity index is 1.40. The second-order valence-corrected chi connectivity index (χ2v) is 8.53. The van der Waals surface area contributed by atoms with Crippen molar-refractivity contribution in [3.05, 3.63) is 60.2 Å². The number of carbonyl (C=O) groups excluding carboxylic acids is 2. The summed E-state index contributed by atoms with van der Waals surface area (Å²) in [6.07, 6.45) is 0.788. The van der Waals surface area contributed by atoms with Gasteiger partial charge in [-0.1, -0.05) is 47.6 Å². The lowest BCUT2D eigenvalue weighted by Crippen LogP contribution is -2.51. The lowest BCUT2D eigenvalue weighted by molar-refractivity contribution is -0.123. The van der Waals surface area contributed by atoms with E-state index in [0.717, 1.165) is 5.56 Å². The zero-order chi connectivity index (χ0) is 20.4. The van der Waals surface area contributed by atoms with Crippen LogP contribution in [-0.4, -0.2) is 47.0 Å². The molecule has 3 atom stereocenters. The summed E-state index contributed by atoms with van der Waals surface area (Å²) in [4.78, 5) is 32.9. The molecule has 0 radical (unpaired) electrons. The number of nitrogens with zero attached hydrogens (tertiary/aromatic N) is 2. The van der Waals surface area contributed by atoms with Gasteiger partial charge in [-0.2, -0.15) is 0 Å². The Morgan fingerprint density at radius 1 is 1.24 bits per heavy atom. The van der Waals surface area contributed by atoms with Gasteiger partial charge in [-0.3, -0.25) is 9.59 Å². The molecule has 0 fully saturated rings. The van der Waals surface area contributed by atoms with Crippen molar-refractivity contribution < 1.29 is 19.0 Å². The number of hydrogen-bond acceptors (Lipinski definition) is 5. The minimum atomic E-state index is -1.40. The summed E-state index contributed by atoms with van der Waals surface area (Å²) in [6.45, 7) is 0. The lowest BCUT2D eigenvalue weighted by Gasteiger charge is -2.19. The molecule has 29 heavy (non-hydrogen) atoms. The number of amides is 2. The first-order valence-corrected chi connectivity index (χ1v) is 10.7. The summed E-state index contributed by atoms with van der Waals surface area (Å²) in [5.41, 5.74) is 1.94. The van der Waals surface area contributed by atoms with E-state index in [4.69, 9.17) is 4.84 Å². The van der Waals surface area contributed by atoms with E-state index in [2.05, 4.69) is 10.5 Å². The SMILES string of the molecule is CN1C(=O)[C@@H](NC(=O)C2=NO[C@H](Cc3ccccc3)C2)C[S@+]([O-])c2ccccc21. The highest BCUT2D eigenvalue weighted by atomic mass is 32.2. The van der Waals surface area contributed by atoms with Crippen LogP contribution >= 0.6 is 0 Å². The zero-order valence-corrected chi connectivity index (χ0v) is 16.7. The van der Waals surface area contributed by atoms with Crippen LogP contribution in [-0.2, 0) is 32.0 Å². The first-order valence-electron chi connectivity index (χ1n) is 9.35. The summed E-state index contributed by atoms with van der Waals surface area (Å²) in [5.74, 6) is -0.750. The molecule has 8 heteroatoms. The van der Waals surface area contributed by atoms with Gasteiger partial charge in [0.05, 0.1) is 5.69 Å². The molecule has 2 aliphatic heterocycles. The van der Waals surface area contributed by atoms with Crippen LogP contribution in [0.3, 0.4) is 0 Å². The number of para-hydroxylation sites is 1. The van der Waals surface area contributed by atoms with Gasteiger partial charge in [0.2, 0.25) is 0 Å². The number of fused-ring (bicyclic) bond motifs is 1. The Morgan fingerprint density at radius 3 is 2.76 bits per heavy atom. The second kappa shape index (κ2) is 8.26. The molecule has 0 bridgehead atoms. The van der Waals surface area contributed by atoms with Crippen molar-refractivity contribution in [2.45, 2.75) is 29.9 Å². The van der Waals surface area contributed by atoms with Gasteiger partial charge in [0.25, 0.3) is 11.8 Å². The molecule has 0 unspecified atom stereocenters. The number of benzene rings is 2. The average Bonchev–Trinajstić information content (AvgIpc) is 3.18. The number of nitrogens with one attached hydrogen (secondary N) is 1. The molecule has 150 valence electrons. The standard InChI is InChI=1S/C21H21N3O4S/c1-24-18-9-5-6-10-19(18)29(27)13-17(21(24)26)22-20(25)16-12-15(28-23-16)11-14-7-3-2-4-8-14/h2-10,15,17H,11-13H2,1H3,(H,22,25)/t15-,17+,29+/m1/s1. The van der Waals surface area contributed by atoms with Crippen LogP contribution in [0.1, 0.15) is 12.0 Å². The third-order valence-corrected chi connectivity index (χ3v) is 6.50. The van der Waals surface area contributed by atoms with Crippen LogP contribution in [0.15, 0.2) is 64.6 Å². The fourth-order valence-electron chi connectivity index (χ4n) is 3.49. The molecule has 2 aromatic rings. The third kappa shape index (κ3) is 4.13. The largest absolute Gasteiger partial charge is 0.611 e. The normalized spacial score (nSPS) is 23.7. The summed E-state index contributed by atoms with van der Waals surface area (Å²) < 4.78 is 12.7. The van der Waals surface area contributed by atoms with E-state index < -0.39 is 23.1 Å². The molecule has 0 spiro atoms. The van der Waals surface area contributed by atoms with E-state index in [9.17, 15) is 14.1 Å². The molecule has 0 saturated carbocycles. The molecular formula is C21H21N3O4S. The van der Waals surface area contributed by atoms with Crippen molar-refractivity contribution >= 4 is 34.4 Å². The van der Waals surface area contributed by atoms with E-state index in [0.29, 0.717) is 23.4 Å². The molecule has 2 aromatic carbocycles. The Morgan fingerprint density at radius 2 is 1.97 bits per heavy atom. The van der Waals surface area contributed by atoms with Crippen molar-refractivity contribution in [2.24, 2.45) is 5.16 Å². The molecule has 0 aromatic heterocycles. The van der Waals surface area contributed by atoms with E-state index in [1.165, 1.54) is 4.90 Å².